The number of hydrogen-bond acceptors (Lipinski definition) is 3. The molecule has 0 aliphatic carbocycles. The Hall–Kier alpha value is -0.120. The van der Waals surface area contributed by atoms with Crippen molar-refractivity contribution in [2.24, 2.45) is 23.5 Å². The molecule has 2 N–H and O–H groups in total. The van der Waals surface area contributed by atoms with Crippen molar-refractivity contribution in [2.75, 3.05) is 32.8 Å². The summed E-state index contributed by atoms with van der Waals surface area (Å²) in [5, 5.41) is 0. The Kier molecular flexibility index (Phi) is 3.65. The van der Waals surface area contributed by atoms with Gasteiger partial charge in [-0.1, -0.05) is 13.8 Å². The van der Waals surface area contributed by atoms with Gasteiger partial charge in [0.25, 0.3) is 0 Å². The van der Waals surface area contributed by atoms with Crippen molar-refractivity contribution in [2.45, 2.75) is 26.3 Å². The summed E-state index contributed by atoms with van der Waals surface area (Å²) < 4.78 is 5.40. The van der Waals surface area contributed by atoms with Gasteiger partial charge in [-0.2, -0.15) is 0 Å². The van der Waals surface area contributed by atoms with Crippen molar-refractivity contribution < 1.29 is 4.74 Å². The van der Waals surface area contributed by atoms with Crippen molar-refractivity contribution in [1.82, 2.24) is 4.90 Å². The van der Waals surface area contributed by atoms with Crippen LogP contribution in [0.25, 0.3) is 0 Å². The largest absolute Gasteiger partial charge is 0.379 e. The van der Waals surface area contributed by atoms with Crippen LogP contribution in [-0.2, 0) is 4.74 Å². The number of hydrogen-bond donors (Lipinski definition) is 1. The van der Waals surface area contributed by atoms with Crippen LogP contribution in [-0.4, -0.2) is 43.8 Å². The van der Waals surface area contributed by atoms with E-state index in [9.17, 15) is 0 Å². The second kappa shape index (κ2) is 4.81. The molecule has 2 heterocycles. The first-order valence-corrected chi connectivity index (χ1v) is 6.22. The molecule has 0 saturated carbocycles. The van der Waals surface area contributed by atoms with Crippen LogP contribution in [0.3, 0.4) is 0 Å². The molecule has 3 atom stereocenters. The number of nitrogens with two attached hydrogens (primary N) is 1. The van der Waals surface area contributed by atoms with Gasteiger partial charge in [0.1, 0.15) is 0 Å². The van der Waals surface area contributed by atoms with E-state index in [0.29, 0.717) is 5.92 Å². The van der Waals surface area contributed by atoms with Crippen molar-refractivity contribution >= 4 is 0 Å². The first kappa shape index (κ1) is 11.4. The fourth-order valence-electron chi connectivity index (χ4n) is 2.71. The molecule has 0 aromatic rings. The second-order valence-corrected chi connectivity index (χ2v) is 5.51. The maximum atomic E-state index is 6.00. The van der Waals surface area contributed by atoms with Gasteiger partial charge in [0.05, 0.1) is 13.2 Å². The third-order valence-corrected chi connectivity index (χ3v) is 3.99. The fraction of sp³-hybridized carbons (Fsp3) is 1.00. The highest BCUT2D eigenvalue weighted by atomic mass is 16.5. The minimum absolute atomic E-state index is 0.267. The maximum absolute atomic E-state index is 6.00. The van der Waals surface area contributed by atoms with E-state index in [0.717, 1.165) is 31.6 Å². The van der Waals surface area contributed by atoms with E-state index in [2.05, 4.69) is 18.7 Å². The average Bonchev–Trinajstić information content (AvgIpc) is 2.77. The fourth-order valence-corrected chi connectivity index (χ4v) is 2.71. The predicted octanol–water partition coefficient (Wildman–Crippen LogP) is 0.938. The van der Waals surface area contributed by atoms with Crippen molar-refractivity contribution in [3.63, 3.8) is 0 Å². The summed E-state index contributed by atoms with van der Waals surface area (Å²) in [6.07, 6.45) is 1.36. The highest BCUT2D eigenvalue weighted by Crippen LogP contribution is 2.25. The zero-order valence-electron chi connectivity index (χ0n) is 9.98. The summed E-state index contributed by atoms with van der Waals surface area (Å²) >= 11 is 0. The summed E-state index contributed by atoms with van der Waals surface area (Å²) in [6, 6.07) is 0.267. The molecule has 3 unspecified atom stereocenters. The summed E-state index contributed by atoms with van der Waals surface area (Å²) in [4.78, 5) is 2.57. The Morgan fingerprint density at radius 3 is 2.73 bits per heavy atom. The lowest BCUT2D eigenvalue weighted by atomic mass is 9.95. The molecule has 2 saturated heterocycles. The first-order chi connectivity index (χ1) is 7.16. The molecule has 3 heteroatoms. The van der Waals surface area contributed by atoms with Crippen LogP contribution in [0, 0.1) is 17.8 Å². The van der Waals surface area contributed by atoms with E-state index in [-0.39, 0.29) is 6.04 Å². The molecule has 2 aliphatic heterocycles. The molecule has 3 nitrogen and oxygen atoms in total. The summed E-state index contributed by atoms with van der Waals surface area (Å²) in [6.45, 7) is 9.95. The van der Waals surface area contributed by atoms with E-state index in [4.69, 9.17) is 10.5 Å². The molecule has 88 valence electrons. The Balaban J connectivity index is 1.77. The lowest BCUT2D eigenvalue weighted by Crippen LogP contribution is -2.37. The van der Waals surface area contributed by atoms with Crippen LogP contribution in [0.1, 0.15) is 20.3 Å². The third-order valence-electron chi connectivity index (χ3n) is 3.99. The normalized spacial score (nSPS) is 38.0. The van der Waals surface area contributed by atoms with Gasteiger partial charge in [0.2, 0.25) is 0 Å². The summed E-state index contributed by atoms with van der Waals surface area (Å²) in [5.74, 6) is 2.28. The first-order valence-electron chi connectivity index (χ1n) is 6.22. The molecule has 0 amide bonds. The lowest BCUT2D eigenvalue weighted by molar-refractivity contribution is 0.172. The monoisotopic (exact) mass is 212 g/mol. The molecular formula is C12H24N2O. The van der Waals surface area contributed by atoms with Crippen LogP contribution in [0.2, 0.25) is 0 Å². The van der Waals surface area contributed by atoms with Gasteiger partial charge >= 0.3 is 0 Å². The summed E-state index contributed by atoms with van der Waals surface area (Å²) in [7, 11) is 0. The standard InChI is InChI=1S/C12H24N2O/c1-9(2)10-3-4-14(5-10)6-11-7-15-8-12(11)13/h9-12H,3-8,13H2,1-2H3. The van der Waals surface area contributed by atoms with Crippen LogP contribution >= 0.6 is 0 Å². The number of ether oxygens (including phenoxy) is 1. The van der Waals surface area contributed by atoms with Gasteiger partial charge in [-0.3, -0.25) is 0 Å². The lowest BCUT2D eigenvalue weighted by Gasteiger charge is -2.22. The third kappa shape index (κ3) is 2.71. The average molecular weight is 212 g/mol. The Morgan fingerprint density at radius 1 is 1.40 bits per heavy atom. The molecule has 0 radical (unpaired) electrons. The molecule has 2 rings (SSSR count). The Labute approximate surface area is 93.0 Å². The maximum Gasteiger partial charge on any atom is 0.0621 e. The Morgan fingerprint density at radius 2 is 2.20 bits per heavy atom. The minimum Gasteiger partial charge on any atom is -0.379 e. The van der Waals surface area contributed by atoms with Crippen LogP contribution in [0.4, 0.5) is 0 Å². The van der Waals surface area contributed by atoms with Gasteiger partial charge in [-0.25, -0.2) is 0 Å². The van der Waals surface area contributed by atoms with Gasteiger partial charge in [-0.05, 0) is 24.8 Å². The zero-order chi connectivity index (χ0) is 10.8. The predicted molar refractivity (Wildman–Crippen MR) is 61.7 cm³/mol. The van der Waals surface area contributed by atoms with Crippen molar-refractivity contribution in [1.29, 1.82) is 0 Å². The molecule has 15 heavy (non-hydrogen) atoms. The van der Waals surface area contributed by atoms with Gasteiger partial charge in [0, 0.05) is 25.0 Å². The van der Waals surface area contributed by atoms with Crippen molar-refractivity contribution in [3.05, 3.63) is 0 Å². The van der Waals surface area contributed by atoms with Crippen molar-refractivity contribution in [3.8, 4) is 0 Å². The van der Waals surface area contributed by atoms with Gasteiger partial charge in [-0.15, -0.1) is 0 Å². The molecule has 0 aromatic heterocycles. The number of nitrogens with zero attached hydrogens (tertiary/aromatic N) is 1. The van der Waals surface area contributed by atoms with Crippen LogP contribution in [0.15, 0.2) is 0 Å². The van der Waals surface area contributed by atoms with E-state index >= 15 is 0 Å². The smallest absolute Gasteiger partial charge is 0.0621 e. The second-order valence-electron chi connectivity index (χ2n) is 5.51. The van der Waals surface area contributed by atoms with E-state index in [1.807, 2.05) is 0 Å². The molecule has 2 aliphatic rings. The SMILES string of the molecule is CC(C)C1CCN(CC2COCC2N)C1. The molecule has 2 fully saturated rings. The highest BCUT2D eigenvalue weighted by Gasteiger charge is 2.31. The molecule has 0 aromatic carbocycles. The quantitative estimate of drug-likeness (QED) is 0.756. The Bertz CT molecular complexity index is 208. The topological polar surface area (TPSA) is 38.5 Å². The molecule has 0 bridgehead atoms. The van der Waals surface area contributed by atoms with E-state index in [1.165, 1.54) is 19.5 Å². The zero-order valence-corrected chi connectivity index (χ0v) is 9.98. The van der Waals surface area contributed by atoms with E-state index in [1.54, 1.807) is 0 Å². The van der Waals surface area contributed by atoms with Gasteiger partial charge < -0.3 is 15.4 Å². The van der Waals surface area contributed by atoms with E-state index < -0.39 is 0 Å². The van der Waals surface area contributed by atoms with Crippen LogP contribution in [0.5, 0.6) is 0 Å². The summed E-state index contributed by atoms with van der Waals surface area (Å²) in [5.41, 5.74) is 6.00. The minimum atomic E-state index is 0.267. The molecule has 0 spiro atoms. The van der Waals surface area contributed by atoms with Crippen LogP contribution < -0.4 is 5.73 Å². The number of rotatable bonds is 3. The highest BCUT2D eigenvalue weighted by molar-refractivity contribution is 4.84. The molecular weight excluding hydrogens is 188 g/mol. The van der Waals surface area contributed by atoms with Gasteiger partial charge in [0.15, 0.2) is 0 Å². The number of likely N-dealkylation sites (tertiary alicyclic amines) is 1.